The maximum absolute atomic E-state index is 13.6. The van der Waals surface area contributed by atoms with E-state index >= 15 is 0 Å². The zero-order valence-electron chi connectivity index (χ0n) is 12.1. The third kappa shape index (κ3) is 5.02. The molecule has 1 aliphatic rings. The van der Waals surface area contributed by atoms with Crippen molar-refractivity contribution in [1.29, 1.82) is 0 Å². The maximum Gasteiger partial charge on any atom is 0.227 e. The Kier molecular flexibility index (Phi) is 5.38. The van der Waals surface area contributed by atoms with Crippen LogP contribution in [0.5, 0.6) is 5.88 Å². The highest BCUT2D eigenvalue weighted by atomic mass is 79.9. The van der Waals surface area contributed by atoms with E-state index in [9.17, 15) is 4.39 Å². The number of rotatable bonds is 5. The summed E-state index contributed by atoms with van der Waals surface area (Å²) < 4.78 is 20.3. The molecule has 1 fully saturated rings. The first-order valence-corrected chi connectivity index (χ1v) is 7.88. The lowest BCUT2D eigenvalue weighted by atomic mass is 9.97. The number of nitrogens with zero attached hydrogens (tertiary/aromatic N) is 2. The van der Waals surface area contributed by atoms with Gasteiger partial charge in [0.25, 0.3) is 0 Å². The van der Waals surface area contributed by atoms with E-state index in [1.165, 1.54) is 0 Å². The molecule has 3 nitrogen and oxygen atoms in total. The van der Waals surface area contributed by atoms with Gasteiger partial charge in [-0.05, 0) is 73.8 Å². The fourth-order valence-corrected chi connectivity index (χ4v) is 2.89. The van der Waals surface area contributed by atoms with E-state index in [-0.39, 0.29) is 0 Å². The molecule has 0 amide bonds. The topological polar surface area (TPSA) is 25.4 Å². The first-order valence-electron chi connectivity index (χ1n) is 7.08. The summed E-state index contributed by atoms with van der Waals surface area (Å²) in [5, 5.41) is 0. The van der Waals surface area contributed by atoms with Gasteiger partial charge >= 0.3 is 0 Å². The molecular weight excluding hydrogens is 323 g/mol. The predicted octanol–water partition coefficient (Wildman–Crippen LogP) is 3.68. The number of aromatic nitrogens is 1. The summed E-state index contributed by atoms with van der Waals surface area (Å²) in [4.78, 5) is 6.40. The van der Waals surface area contributed by atoms with Gasteiger partial charge in [-0.2, -0.15) is 0 Å². The average molecular weight is 345 g/mol. The molecule has 1 aromatic heterocycles. The minimum absolute atomic E-state index is 0.520. The third-order valence-electron chi connectivity index (χ3n) is 3.49. The van der Waals surface area contributed by atoms with Gasteiger partial charge in [-0.15, -0.1) is 0 Å². The summed E-state index contributed by atoms with van der Waals surface area (Å²) in [6, 6.07) is 3.79. The van der Waals surface area contributed by atoms with Gasteiger partial charge in [-0.1, -0.05) is 0 Å². The molecule has 0 aromatic carbocycles. The van der Waals surface area contributed by atoms with Gasteiger partial charge in [-0.3, -0.25) is 0 Å². The van der Waals surface area contributed by atoms with E-state index in [1.54, 1.807) is 20.0 Å². The molecular formula is C15H22BrFN2O. The summed E-state index contributed by atoms with van der Waals surface area (Å²) in [6.45, 7) is 6.38. The van der Waals surface area contributed by atoms with Crippen molar-refractivity contribution in [2.45, 2.75) is 32.4 Å². The van der Waals surface area contributed by atoms with Crippen LogP contribution in [0, 0.1) is 5.92 Å². The summed E-state index contributed by atoms with van der Waals surface area (Å²) in [7, 11) is 0. The Labute approximate surface area is 128 Å². The number of alkyl halides is 1. The van der Waals surface area contributed by atoms with Crippen LogP contribution < -0.4 is 4.74 Å². The third-order valence-corrected chi connectivity index (χ3v) is 4.09. The number of ether oxygens (including phenoxy) is 1. The molecule has 2 heterocycles. The molecule has 0 atom stereocenters. The largest absolute Gasteiger partial charge is 0.477 e. The van der Waals surface area contributed by atoms with Crippen LogP contribution >= 0.6 is 15.9 Å². The molecule has 0 saturated carbocycles. The molecule has 0 unspecified atom stereocenters. The van der Waals surface area contributed by atoms with Crippen LogP contribution in [0.15, 0.2) is 22.8 Å². The van der Waals surface area contributed by atoms with Crippen molar-refractivity contribution in [3.8, 4) is 5.88 Å². The van der Waals surface area contributed by atoms with Gasteiger partial charge < -0.3 is 9.64 Å². The monoisotopic (exact) mass is 344 g/mol. The second-order valence-corrected chi connectivity index (χ2v) is 6.89. The maximum atomic E-state index is 13.6. The fraction of sp³-hybridized carbons (Fsp3) is 0.667. The molecule has 5 heteroatoms. The molecule has 20 heavy (non-hydrogen) atoms. The quantitative estimate of drug-likeness (QED) is 0.814. The second-order valence-electron chi connectivity index (χ2n) is 6.04. The standard InChI is InChI=1S/C15H22BrFN2O/c1-15(2,17)11-19-8-5-12(6-9-19)10-20-14-13(16)4-3-7-18-14/h3-4,7,12H,5-6,8-11H2,1-2H3. The smallest absolute Gasteiger partial charge is 0.227 e. The summed E-state index contributed by atoms with van der Waals surface area (Å²) in [5.41, 5.74) is -1.11. The van der Waals surface area contributed by atoms with E-state index in [4.69, 9.17) is 4.74 Å². The number of hydrogen-bond acceptors (Lipinski definition) is 3. The SMILES string of the molecule is CC(C)(F)CN1CCC(COc2ncccc2Br)CC1. The van der Waals surface area contributed by atoms with Crippen molar-refractivity contribution in [3.05, 3.63) is 22.8 Å². The Balaban J connectivity index is 1.74. The van der Waals surface area contributed by atoms with Crippen molar-refractivity contribution in [2.24, 2.45) is 5.92 Å². The first-order chi connectivity index (χ1) is 9.44. The van der Waals surface area contributed by atoms with Crippen LogP contribution in [0.3, 0.4) is 0 Å². The van der Waals surface area contributed by atoms with E-state index < -0.39 is 5.67 Å². The van der Waals surface area contributed by atoms with Gasteiger partial charge in [0.05, 0.1) is 11.1 Å². The minimum atomic E-state index is -1.11. The zero-order valence-corrected chi connectivity index (χ0v) is 13.7. The molecule has 2 rings (SSSR count). The number of piperidine rings is 1. The van der Waals surface area contributed by atoms with Gasteiger partial charge in [0, 0.05) is 12.7 Å². The Morgan fingerprint density at radius 1 is 1.45 bits per heavy atom. The Bertz CT molecular complexity index is 428. The lowest BCUT2D eigenvalue weighted by molar-refractivity contribution is 0.0829. The molecule has 0 bridgehead atoms. The summed E-state index contributed by atoms with van der Waals surface area (Å²) >= 11 is 3.43. The van der Waals surface area contributed by atoms with E-state index in [0.717, 1.165) is 30.4 Å². The molecule has 0 aliphatic carbocycles. The van der Waals surface area contributed by atoms with E-state index in [2.05, 4.69) is 25.8 Å². The number of halogens is 2. The lowest BCUT2D eigenvalue weighted by Crippen LogP contribution is -2.41. The number of likely N-dealkylation sites (tertiary alicyclic amines) is 1. The average Bonchev–Trinajstić information content (AvgIpc) is 2.38. The van der Waals surface area contributed by atoms with Gasteiger partial charge in [0.15, 0.2) is 0 Å². The van der Waals surface area contributed by atoms with Crippen LogP contribution in [-0.2, 0) is 0 Å². The van der Waals surface area contributed by atoms with E-state index in [0.29, 0.717) is 24.9 Å². The predicted molar refractivity (Wildman–Crippen MR) is 81.8 cm³/mol. The van der Waals surface area contributed by atoms with Crippen molar-refractivity contribution in [2.75, 3.05) is 26.2 Å². The van der Waals surface area contributed by atoms with Crippen LogP contribution in [0.1, 0.15) is 26.7 Å². The van der Waals surface area contributed by atoms with Crippen molar-refractivity contribution in [3.63, 3.8) is 0 Å². The Morgan fingerprint density at radius 2 is 2.15 bits per heavy atom. The highest BCUT2D eigenvalue weighted by Crippen LogP contribution is 2.24. The molecule has 0 N–H and O–H groups in total. The highest BCUT2D eigenvalue weighted by molar-refractivity contribution is 9.10. The van der Waals surface area contributed by atoms with E-state index in [1.807, 2.05) is 12.1 Å². The first kappa shape index (κ1) is 15.7. The van der Waals surface area contributed by atoms with Gasteiger partial charge in [0.1, 0.15) is 5.67 Å². The Morgan fingerprint density at radius 3 is 2.75 bits per heavy atom. The second kappa shape index (κ2) is 6.85. The van der Waals surface area contributed by atoms with Crippen molar-refractivity contribution in [1.82, 2.24) is 9.88 Å². The number of pyridine rings is 1. The molecule has 1 aliphatic heterocycles. The molecule has 1 saturated heterocycles. The fourth-order valence-electron chi connectivity index (χ4n) is 2.52. The zero-order chi connectivity index (χ0) is 14.6. The summed E-state index contributed by atoms with van der Waals surface area (Å²) in [6.07, 6.45) is 3.84. The molecule has 112 valence electrons. The Hall–Kier alpha value is -0.680. The van der Waals surface area contributed by atoms with Gasteiger partial charge in [0.2, 0.25) is 5.88 Å². The highest BCUT2D eigenvalue weighted by Gasteiger charge is 2.25. The minimum Gasteiger partial charge on any atom is -0.477 e. The molecule has 0 radical (unpaired) electrons. The van der Waals surface area contributed by atoms with Crippen LogP contribution in [0.25, 0.3) is 0 Å². The van der Waals surface area contributed by atoms with Crippen LogP contribution in [0.4, 0.5) is 4.39 Å². The molecule has 1 aromatic rings. The number of hydrogen-bond donors (Lipinski definition) is 0. The van der Waals surface area contributed by atoms with Gasteiger partial charge in [-0.25, -0.2) is 9.37 Å². The normalized spacial score (nSPS) is 18.2. The van der Waals surface area contributed by atoms with Crippen LogP contribution in [-0.4, -0.2) is 41.8 Å². The molecule has 0 spiro atoms. The van der Waals surface area contributed by atoms with Crippen molar-refractivity contribution >= 4 is 15.9 Å². The van der Waals surface area contributed by atoms with Crippen molar-refractivity contribution < 1.29 is 9.13 Å². The summed E-state index contributed by atoms with van der Waals surface area (Å²) in [5.74, 6) is 1.18. The lowest BCUT2D eigenvalue weighted by Gasteiger charge is -2.34. The van der Waals surface area contributed by atoms with Crippen LogP contribution in [0.2, 0.25) is 0 Å².